The molecule has 176 valence electrons. The summed E-state index contributed by atoms with van der Waals surface area (Å²) in [5.41, 5.74) is 8.65. The molecule has 0 aliphatic rings. The fourth-order valence-corrected chi connectivity index (χ4v) is 4.44. The number of aromatic nitrogens is 5. The van der Waals surface area contributed by atoms with Crippen molar-refractivity contribution in [2.45, 2.75) is 6.54 Å². The maximum Gasteiger partial charge on any atom is 0.263 e. The summed E-state index contributed by atoms with van der Waals surface area (Å²) in [5, 5.41) is 16.2. The van der Waals surface area contributed by atoms with Crippen molar-refractivity contribution in [1.29, 1.82) is 0 Å². The molecule has 0 radical (unpaired) electrons. The number of pyridine rings is 1. The van der Waals surface area contributed by atoms with E-state index in [2.05, 4.69) is 9.97 Å². The zero-order valence-corrected chi connectivity index (χ0v) is 18.8. The zero-order valence-electron chi connectivity index (χ0n) is 18.8. The number of phenols is 1. The molecule has 0 saturated heterocycles. The number of nitrogens with zero attached hydrogens (tertiary/aromatic N) is 5. The summed E-state index contributed by atoms with van der Waals surface area (Å²) < 4.78 is 17.4. The van der Waals surface area contributed by atoms with Crippen molar-refractivity contribution in [3.63, 3.8) is 0 Å². The Morgan fingerprint density at radius 3 is 2.53 bits per heavy atom. The molecule has 3 aromatic heterocycles. The smallest absolute Gasteiger partial charge is 0.263 e. The van der Waals surface area contributed by atoms with Crippen LogP contribution in [-0.2, 0) is 6.54 Å². The second-order valence-electron chi connectivity index (χ2n) is 8.33. The van der Waals surface area contributed by atoms with Crippen LogP contribution >= 0.6 is 0 Å². The van der Waals surface area contributed by atoms with Gasteiger partial charge in [-0.2, -0.15) is 5.10 Å². The monoisotopic (exact) mass is 478 g/mol. The SMILES string of the molecule is Nc1ncnc2c1c(-c1ccc(O)c(F)c1)nn2Cc1cc2ccccc2c(=O)n1-c1ccccc1. The van der Waals surface area contributed by atoms with Crippen LogP contribution in [0.5, 0.6) is 5.75 Å². The van der Waals surface area contributed by atoms with E-state index in [0.717, 1.165) is 11.1 Å². The minimum atomic E-state index is -0.780. The maximum absolute atomic E-state index is 14.2. The van der Waals surface area contributed by atoms with Gasteiger partial charge in [-0.1, -0.05) is 36.4 Å². The van der Waals surface area contributed by atoms with E-state index in [1.165, 1.54) is 18.5 Å². The van der Waals surface area contributed by atoms with Gasteiger partial charge in [0.2, 0.25) is 0 Å². The number of hydrogen-bond acceptors (Lipinski definition) is 6. The number of nitrogen functional groups attached to an aromatic ring is 1. The molecule has 36 heavy (non-hydrogen) atoms. The third-order valence-corrected chi connectivity index (χ3v) is 6.11. The van der Waals surface area contributed by atoms with Crippen molar-refractivity contribution in [1.82, 2.24) is 24.3 Å². The Morgan fingerprint density at radius 1 is 0.944 bits per heavy atom. The van der Waals surface area contributed by atoms with Gasteiger partial charge in [0.15, 0.2) is 17.2 Å². The standard InChI is InChI=1S/C27H19FN6O2/c28-21-13-17(10-11-22(21)35)24-23-25(29)30-15-31-26(23)33(32-24)14-19-12-16-6-4-5-9-20(16)27(36)34(19)18-7-2-1-3-8-18/h1-13,15,35H,14H2,(H2,29,30,31). The molecule has 9 heteroatoms. The first-order valence-corrected chi connectivity index (χ1v) is 11.2. The summed E-state index contributed by atoms with van der Waals surface area (Å²) in [6, 6.07) is 22.7. The second kappa shape index (κ2) is 8.31. The maximum atomic E-state index is 14.2. The molecule has 0 atom stereocenters. The highest BCUT2D eigenvalue weighted by Crippen LogP contribution is 2.32. The van der Waals surface area contributed by atoms with E-state index < -0.39 is 11.6 Å². The lowest BCUT2D eigenvalue weighted by atomic mass is 10.1. The van der Waals surface area contributed by atoms with Crippen molar-refractivity contribution in [3.05, 3.63) is 107 Å². The number of benzene rings is 3. The van der Waals surface area contributed by atoms with Crippen LogP contribution in [0.25, 0.3) is 38.8 Å². The Balaban J connectivity index is 1.59. The average Bonchev–Trinajstić information content (AvgIpc) is 3.26. The van der Waals surface area contributed by atoms with Crippen molar-refractivity contribution in [3.8, 4) is 22.7 Å². The number of halogens is 1. The predicted molar refractivity (Wildman–Crippen MR) is 135 cm³/mol. The number of aromatic hydroxyl groups is 1. The first-order valence-electron chi connectivity index (χ1n) is 11.2. The van der Waals surface area contributed by atoms with Crippen LogP contribution in [-0.4, -0.2) is 29.4 Å². The lowest BCUT2D eigenvalue weighted by molar-refractivity contribution is 0.432. The summed E-state index contributed by atoms with van der Waals surface area (Å²) in [7, 11) is 0. The van der Waals surface area contributed by atoms with Crippen LogP contribution < -0.4 is 11.3 Å². The number of para-hydroxylation sites is 1. The molecule has 8 nitrogen and oxygen atoms in total. The van der Waals surface area contributed by atoms with Crippen molar-refractivity contribution in [2.24, 2.45) is 0 Å². The van der Waals surface area contributed by atoms with Gasteiger partial charge in [0.05, 0.1) is 11.9 Å². The van der Waals surface area contributed by atoms with Gasteiger partial charge >= 0.3 is 0 Å². The highest BCUT2D eigenvalue weighted by molar-refractivity contribution is 5.98. The molecule has 0 spiro atoms. The van der Waals surface area contributed by atoms with Gasteiger partial charge in [0.25, 0.3) is 5.56 Å². The van der Waals surface area contributed by atoms with Gasteiger partial charge in [-0.3, -0.25) is 9.36 Å². The predicted octanol–water partition coefficient (Wildman–Crippen LogP) is 4.27. The van der Waals surface area contributed by atoms with Crippen LogP contribution in [0.1, 0.15) is 5.69 Å². The van der Waals surface area contributed by atoms with Crippen molar-refractivity contribution in [2.75, 3.05) is 5.73 Å². The average molecular weight is 478 g/mol. The molecule has 6 rings (SSSR count). The van der Waals surface area contributed by atoms with Gasteiger partial charge in [-0.25, -0.2) is 19.0 Å². The van der Waals surface area contributed by atoms with E-state index >= 15 is 0 Å². The molecule has 0 unspecified atom stereocenters. The number of nitrogens with two attached hydrogens (primary N) is 1. The first-order chi connectivity index (χ1) is 17.5. The summed E-state index contributed by atoms with van der Waals surface area (Å²) in [6.07, 6.45) is 1.34. The van der Waals surface area contributed by atoms with Crippen LogP contribution in [0.4, 0.5) is 10.2 Å². The zero-order chi connectivity index (χ0) is 24.8. The Bertz CT molecular complexity index is 1830. The highest BCUT2D eigenvalue weighted by atomic mass is 19.1. The Morgan fingerprint density at radius 2 is 1.72 bits per heavy atom. The van der Waals surface area contributed by atoms with Crippen molar-refractivity contribution < 1.29 is 9.50 Å². The van der Waals surface area contributed by atoms with E-state index in [0.29, 0.717) is 33.4 Å². The fourth-order valence-electron chi connectivity index (χ4n) is 4.44. The molecule has 0 aliphatic heterocycles. The first kappa shape index (κ1) is 21.5. The minimum Gasteiger partial charge on any atom is -0.505 e. The second-order valence-corrected chi connectivity index (χ2v) is 8.33. The van der Waals surface area contributed by atoms with Crippen LogP contribution in [0, 0.1) is 5.82 Å². The molecular weight excluding hydrogens is 459 g/mol. The largest absolute Gasteiger partial charge is 0.505 e. The van der Waals surface area contributed by atoms with Gasteiger partial charge in [-0.05, 0) is 47.9 Å². The third-order valence-electron chi connectivity index (χ3n) is 6.11. The summed E-state index contributed by atoms with van der Waals surface area (Å²) >= 11 is 0. The molecule has 3 N–H and O–H groups in total. The molecular formula is C27H19FN6O2. The fraction of sp³-hybridized carbons (Fsp3) is 0.0370. The van der Waals surface area contributed by atoms with E-state index in [1.54, 1.807) is 21.4 Å². The third kappa shape index (κ3) is 3.45. The number of rotatable bonds is 4. The van der Waals surface area contributed by atoms with Gasteiger partial charge < -0.3 is 10.8 Å². The van der Waals surface area contributed by atoms with E-state index in [4.69, 9.17) is 10.8 Å². The highest BCUT2D eigenvalue weighted by Gasteiger charge is 2.20. The van der Waals surface area contributed by atoms with Crippen LogP contribution in [0.15, 0.2) is 90.0 Å². The topological polar surface area (TPSA) is 112 Å². The number of phenolic OH excluding ortho intramolecular Hbond substituents is 1. The lowest BCUT2D eigenvalue weighted by Crippen LogP contribution is -2.23. The number of anilines is 1. The number of fused-ring (bicyclic) bond motifs is 2. The molecule has 0 bridgehead atoms. The Hall–Kier alpha value is -5.05. The van der Waals surface area contributed by atoms with Crippen molar-refractivity contribution >= 4 is 27.6 Å². The Kier molecular flexibility index (Phi) is 4.96. The van der Waals surface area contributed by atoms with Crippen LogP contribution in [0.2, 0.25) is 0 Å². The Labute approximate surface area is 203 Å². The summed E-state index contributed by atoms with van der Waals surface area (Å²) in [5.74, 6) is -1.05. The lowest BCUT2D eigenvalue weighted by Gasteiger charge is -2.15. The molecule has 0 amide bonds. The molecule has 0 aliphatic carbocycles. The number of hydrogen-bond donors (Lipinski definition) is 2. The summed E-state index contributed by atoms with van der Waals surface area (Å²) in [4.78, 5) is 22.1. The quantitative estimate of drug-likeness (QED) is 0.391. The van der Waals surface area contributed by atoms with E-state index in [1.807, 2.05) is 54.6 Å². The molecule has 0 fully saturated rings. The van der Waals surface area contributed by atoms with E-state index in [9.17, 15) is 14.3 Å². The molecule has 6 aromatic rings. The van der Waals surface area contributed by atoms with Gasteiger partial charge in [0.1, 0.15) is 17.8 Å². The van der Waals surface area contributed by atoms with E-state index in [-0.39, 0.29) is 17.9 Å². The van der Waals surface area contributed by atoms with Gasteiger partial charge in [0, 0.05) is 22.3 Å². The molecule has 3 aromatic carbocycles. The summed E-state index contributed by atoms with van der Waals surface area (Å²) in [6.45, 7) is 0.183. The minimum absolute atomic E-state index is 0.152. The normalized spacial score (nSPS) is 11.4. The molecule has 0 saturated carbocycles. The van der Waals surface area contributed by atoms with Crippen LogP contribution in [0.3, 0.4) is 0 Å². The van der Waals surface area contributed by atoms with Gasteiger partial charge in [-0.15, -0.1) is 0 Å². The molecule has 3 heterocycles.